The topological polar surface area (TPSA) is 46.8 Å². The summed E-state index contributed by atoms with van der Waals surface area (Å²) >= 11 is 0. The van der Waals surface area contributed by atoms with Crippen LogP contribution in [-0.4, -0.2) is 27.9 Å². The van der Waals surface area contributed by atoms with Crippen molar-refractivity contribution in [3.05, 3.63) is 75.8 Å². The van der Waals surface area contributed by atoms with Crippen LogP contribution >= 0.6 is 0 Å². The zero-order chi connectivity index (χ0) is 18.1. The Morgan fingerprint density at radius 1 is 1.23 bits per heavy atom. The molecule has 3 heterocycles. The van der Waals surface area contributed by atoms with Gasteiger partial charge in [-0.05, 0) is 55.6 Å². The molecule has 1 atom stereocenters. The minimum Gasteiger partial charge on any atom is -0.497 e. The van der Waals surface area contributed by atoms with E-state index in [-0.39, 0.29) is 5.56 Å². The Kier molecular flexibility index (Phi) is 4.47. The molecule has 0 bridgehead atoms. The Hall–Kier alpha value is -2.66. The number of hydrogen-bond acceptors (Lipinski definition) is 4. The van der Waals surface area contributed by atoms with Crippen LogP contribution in [0.4, 0.5) is 0 Å². The molecule has 0 saturated carbocycles. The predicted octanol–water partition coefficient (Wildman–Crippen LogP) is 3.35. The van der Waals surface area contributed by atoms with E-state index in [4.69, 9.17) is 9.72 Å². The first-order valence-corrected chi connectivity index (χ1v) is 9.01. The number of fused-ring (bicyclic) bond motifs is 1. The molecule has 1 aromatic carbocycles. The van der Waals surface area contributed by atoms with Gasteiger partial charge in [-0.25, -0.2) is 4.98 Å². The molecule has 0 N–H and O–H groups in total. The first-order chi connectivity index (χ1) is 12.7. The van der Waals surface area contributed by atoms with Crippen LogP contribution in [0.15, 0.2) is 53.5 Å². The number of hydrogen-bond donors (Lipinski definition) is 0. The van der Waals surface area contributed by atoms with Crippen LogP contribution in [0.1, 0.15) is 35.7 Å². The number of pyridine rings is 1. The molecule has 0 amide bonds. The minimum atomic E-state index is -0.0195. The van der Waals surface area contributed by atoms with Gasteiger partial charge in [-0.1, -0.05) is 18.2 Å². The van der Waals surface area contributed by atoms with Crippen molar-refractivity contribution in [1.29, 1.82) is 0 Å². The third-order valence-corrected chi connectivity index (χ3v) is 5.17. The molecule has 0 spiro atoms. The van der Waals surface area contributed by atoms with E-state index >= 15 is 0 Å². The third kappa shape index (κ3) is 3.10. The summed E-state index contributed by atoms with van der Waals surface area (Å²) in [5.74, 6) is 0.873. The van der Waals surface area contributed by atoms with Gasteiger partial charge in [0.25, 0.3) is 5.56 Å². The van der Waals surface area contributed by atoms with Crippen LogP contribution in [0.5, 0.6) is 5.75 Å². The highest BCUT2D eigenvalue weighted by molar-refractivity contribution is 5.46. The maximum absolute atomic E-state index is 12.4. The Morgan fingerprint density at radius 3 is 2.81 bits per heavy atom. The van der Waals surface area contributed by atoms with Gasteiger partial charge in [-0.2, -0.15) is 0 Å². The van der Waals surface area contributed by atoms with Gasteiger partial charge < -0.3 is 4.74 Å². The van der Waals surface area contributed by atoms with Crippen molar-refractivity contribution in [3.63, 3.8) is 0 Å². The van der Waals surface area contributed by atoms with Gasteiger partial charge in [0.05, 0.1) is 12.8 Å². The van der Waals surface area contributed by atoms with Gasteiger partial charge in [0.2, 0.25) is 0 Å². The van der Waals surface area contributed by atoms with Crippen LogP contribution < -0.4 is 10.3 Å². The molecule has 2 aromatic heterocycles. The van der Waals surface area contributed by atoms with E-state index in [2.05, 4.69) is 17.0 Å². The molecule has 1 fully saturated rings. The van der Waals surface area contributed by atoms with Gasteiger partial charge in [0.1, 0.15) is 11.4 Å². The second kappa shape index (κ2) is 6.92. The molecule has 1 aliphatic heterocycles. The summed E-state index contributed by atoms with van der Waals surface area (Å²) in [6, 6.07) is 14.2. The van der Waals surface area contributed by atoms with E-state index < -0.39 is 0 Å². The number of benzene rings is 1. The van der Waals surface area contributed by atoms with Crippen molar-refractivity contribution in [3.8, 4) is 5.75 Å². The Bertz CT molecular complexity index is 979. The number of nitrogens with zero attached hydrogens (tertiary/aromatic N) is 3. The molecule has 0 aliphatic carbocycles. The monoisotopic (exact) mass is 349 g/mol. The summed E-state index contributed by atoms with van der Waals surface area (Å²) in [5, 5.41) is 0. The van der Waals surface area contributed by atoms with Crippen molar-refractivity contribution < 1.29 is 4.74 Å². The molecule has 1 saturated heterocycles. The largest absolute Gasteiger partial charge is 0.497 e. The quantitative estimate of drug-likeness (QED) is 0.725. The van der Waals surface area contributed by atoms with E-state index in [0.717, 1.165) is 42.0 Å². The molecule has 3 aromatic rings. The lowest BCUT2D eigenvalue weighted by Gasteiger charge is -2.24. The molecule has 5 heteroatoms. The van der Waals surface area contributed by atoms with Crippen molar-refractivity contribution in [2.45, 2.75) is 32.4 Å². The number of rotatable bonds is 4. The smallest absolute Gasteiger partial charge is 0.258 e. The van der Waals surface area contributed by atoms with Crippen molar-refractivity contribution >= 4 is 5.65 Å². The minimum absolute atomic E-state index is 0.0195. The normalized spacial score (nSPS) is 17.7. The van der Waals surface area contributed by atoms with E-state index in [1.807, 2.05) is 31.2 Å². The molecule has 1 unspecified atom stereocenters. The van der Waals surface area contributed by atoms with Gasteiger partial charge in [0.15, 0.2) is 0 Å². The summed E-state index contributed by atoms with van der Waals surface area (Å²) in [5.41, 5.74) is 3.87. The highest BCUT2D eigenvalue weighted by atomic mass is 16.5. The fourth-order valence-corrected chi connectivity index (χ4v) is 3.82. The lowest BCUT2D eigenvalue weighted by atomic mass is 10.0. The van der Waals surface area contributed by atoms with Gasteiger partial charge in [-0.3, -0.25) is 14.1 Å². The Balaban J connectivity index is 1.62. The molecule has 26 heavy (non-hydrogen) atoms. The number of ether oxygens (including phenoxy) is 1. The van der Waals surface area contributed by atoms with Crippen LogP contribution in [-0.2, 0) is 6.54 Å². The summed E-state index contributed by atoms with van der Waals surface area (Å²) in [4.78, 5) is 19.6. The molecule has 5 nitrogen and oxygen atoms in total. The molecular formula is C21H23N3O2. The average molecular weight is 349 g/mol. The summed E-state index contributed by atoms with van der Waals surface area (Å²) in [7, 11) is 1.68. The zero-order valence-corrected chi connectivity index (χ0v) is 15.2. The number of aryl methyl sites for hydroxylation is 1. The molecule has 0 radical (unpaired) electrons. The van der Waals surface area contributed by atoms with Crippen LogP contribution in [0.25, 0.3) is 5.65 Å². The van der Waals surface area contributed by atoms with E-state index in [1.165, 1.54) is 5.56 Å². The molecule has 4 rings (SSSR count). The van der Waals surface area contributed by atoms with Crippen LogP contribution in [0.2, 0.25) is 0 Å². The predicted molar refractivity (Wildman–Crippen MR) is 102 cm³/mol. The van der Waals surface area contributed by atoms with E-state index in [1.54, 1.807) is 23.8 Å². The first-order valence-electron chi connectivity index (χ1n) is 9.01. The van der Waals surface area contributed by atoms with Crippen molar-refractivity contribution in [2.75, 3.05) is 13.7 Å². The lowest BCUT2D eigenvalue weighted by molar-refractivity contribution is 0.245. The highest BCUT2D eigenvalue weighted by Crippen LogP contribution is 2.33. The summed E-state index contributed by atoms with van der Waals surface area (Å²) < 4.78 is 6.87. The fraction of sp³-hybridized carbons (Fsp3) is 0.333. The van der Waals surface area contributed by atoms with Gasteiger partial charge in [-0.15, -0.1) is 0 Å². The fourth-order valence-electron chi connectivity index (χ4n) is 3.82. The second-order valence-electron chi connectivity index (χ2n) is 6.87. The molecule has 1 aliphatic rings. The van der Waals surface area contributed by atoms with Gasteiger partial charge >= 0.3 is 0 Å². The first kappa shape index (κ1) is 16.8. The average Bonchev–Trinajstić information content (AvgIpc) is 3.11. The molecule has 134 valence electrons. The Labute approximate surface area is 152 Å². The summed E-state index contributed by atoms with van der Waals surface area (Å²) in [6.07, 6.45) is 4.05. The Morgan fingerprint density at radius 2 is 2.04 bits per heavy atom. The zero-order valence-electron chi connectivity index (χ0n) is 15.2. The van der Waals surface area contributed by atoms with Crippen molar-refractivity contribution in [2.24, 2.45) is 0 Å². The summed E-state index contributed by atoms with van der Waals surface area (Å²) in [6.45, 7) is 3.70. The van der Waals surface area contributed by atoms with E-state index in [0.29, 0.717) is 12.6 Å². The maximum atomic E-state index is 12.4. The van der Waals surface area contributed by atoms with Crippen LogP contribution in [0.3, 0.4) is 0 Å². The van der Waals surface area contributed by atoms with Crippen molar-refractivity contribution in [1.82, 2.24) is 14.3 Å². The maximum Gasteiger partial charge on any atom is 0.258 e. The molecular weight excluding hydrogens is 326 g/mol. The number of methoxy groups -OCH3 is 1. The lowest BCUT2D eigenvalue weighted by Crippen LogP contribution is -2.25. The standard InChI is InChI=1S/C21H23N3O2/c1-15-5-3-12-24-20(25)13-17(22-21(15)24)14-23-11-4-6-19(23)16-7-9-18(26-2)10-8-16/h3,5,7-10,12-13,19H,4,6,11,14H2,1-2H3. The highest BCUT2D eigenvalue weighted by Gasteiger charge is 2.26. The third-order valence-electron chi connectivity index (χ3n) is 5.17. The van der Waals surface area contributed by atoms with Gasteiger partial charge in [0, 0.05) is 24.8 Å². The SMILES string of the molecule is COc1ccc(C2CCCN2Cc2cc(=O)n3cccc(C)c3n2)cc1. The van der Waals surface area contributed by atoms with E-state index in [9.17, 15) is 4.79 Å². The van der Waals surface area contributed by atoms with Crippen LogP contribution in [0, 0.1) is 6.92 Å². The second-order valence-corrected chi connectivity index (χ2v) is 6.87. The number of likely N-dealkylation sites (tertiary alicyclic amines) is 1. The number of aromatic nitrogens is 2.